The number of hydrogen-bond donors (Lipinski definition) is 1. The molecule has 0 saturated heterocycles. The Labute approximate surface area is 142 Å². The van der Waals surface area contributed by atoms with Crippen LogP contribution in [0.4, 0.5) is 5.13 Å². The van der Waals surface area contributed by atoms with Crippen LogP contribution in [0.15, 0.2) is 40.4 Å². The van der Waals surface area contributed by atoms with E-state index in [1.807, 2.05) is 29.6 Å². The molecular formula is C16H16N4O3S. The number of methoxy groups -OCH3 is 1. The highest BCUT2D eigenvalue weighted by molar-refractivity contribution is 7.13. The van der Waals surface area contributed by atoms with E-state index in [-0.39, 0.29) is 5.91 Å². The summed E-state index contributed by atoms with van der Waals surface area (Å²) < 4.78 is 10.3. The first-order valence-electron chi connectivity index (χ1n) is 7.41. The van der Waals surface area contributed by atoms with Gasteiger partial charge in [-0.3, -0.25) is 4.79 Å². The fraction of sp³-hybridized carbons (Fsp3) is 0.250. The van der Waals surface area contributed by atoms with Crippen LogP contribution >= 0.6 is 11.3 Å². The highest BCUT2D eigenvalue weighted by Crippen LogP contribution is 2.20. The van der Waals surface area contributed by atoms with Gasteiger partial charge >= 0.3 is 0 Å². The monoisotopic (exact) mass is 344 g/mol. The summed E-state index contributed by atoms with van der Waals surface area (Å²) in [6.07, 6.45) is 3.20. The van der Waals surface area contributed by atoms with Gasteiger partial charge in [-0.2, -0.15) is 4.98 Å². The van der Waals surface area contributed by atoms with Crippen molar-refractivity contribution in [1.82, 2.24) is 15.1 Å². The molecule has 0 aliphatic carbocycles. The van der Waals surface area contributed by atoms with E-state index in [4.69, 9.17) is 9.26 Å². The molecule has 0 spiro atoms. The number of amides is 1. The number of aryl methyl sites for hydroxylation is 1. The molecule has 0 unspecified atom stereocenters. The number of benzene rings is 1. The highest BCUT2D eigenvalue weighted by atomic mass is 32.1. The van der Waals surface area contributed by atoms with Crippen LogP contribution in [0.25, 0.3) is 11.4 Å². The maximum atomic E-state index is 11.8. The fourth-order valence-corrected chi connectivity index (χ4v) is 2.63. The lowest BCUT2D eigenvalue weighted by atomic mass is 10.2. The van der Waals surface area contributed by atoms with Gasteiger partial charge in [0.25, 0.3) is 0 Å². The predicted molar refractivity (Wildman–Crippen MR) is 90.0 cm³/mol. The third-order valence-corrected chi connectivity index (χ3v) is 3.98. The largest absolute Gasteiger partial charge is 0.497 e. The summed E-state index contributed by atoms with van der Waals surface area (Å²) in [5.74, 6) is 1.75. The summed E-state index contributed by atoms with van der Waals surface area (Å²) in [6.45, 7) is 0. The Kier molecular flexibility index (Phi) is 5.17. The molecule has 24 heavy (non-hydrogen) atoms. The Morgan fingerprint density at radius 2 is 2.17 bits per heavy atom. The summed E-state index contributed by atoms with van der Waals surface area (Å²) in [6, 6.07) is 7.42. The number of carbonyl (C=O) groups is 1. The average molecular weight is 344 g/mol. The molecule has 2 heterocycles. The molecule has 0 radical (unpaired) electrons. The lowest BCUT2D eigenvalue weighted by molar-refractivity contribution is -0.116. The molecule has 124 valence electrons. The number of carbonyl (C=O) groups excluding carboxylic acids is 1. The lowest BCUT2D eigenvalue weighted by Crippen LogP contribution is -2.11. The zero-order valence-electron chi connectivity index (χ0n) is 13.1. The van der Waals surface area contributed by atoms with E-state index in [1.54, 1.807) is 13.3 Å². The minimum absolute atomic E-state index is 0.0696. The van der Waals surface area contributed by atoms with Crippen LogP contribution in [-0.4, -0.2) is 28.1 Å². The topological polar surface area (TPSA) is 90.1 Å². The van der Waals surface area contributed by atoms with Crippen LogP contribution in [0.3, 0.4) is 0 Å². The number of nitrogens with one attached hydrogen (secondary N) is 1. The van der Waals surface area contributed by atoms with Gasteiger partial charge in [-0.15, -0.1) is 11.3 Å². The third-order valence-electron chi connectivity index (χ3n) is 3.29. The van der Waals surface area contributed by atoms with Crippen molar-refractivity contribution in [3.8, 4) is 17.1 Å². The molecule has 8 heteroatoms. The smallest absolute Gasteiger partial charge is 0.226 e. The number of nitrogens with zero attached hydrogens (tertiary/aromatic N) is 3. The highest BCUT2D eigenvalue weighted by Gasteiger charge is 2.10. The summed E-state index contributed by atoms with van der Waals surface area (Å²) in [4.78, 5) is 20.1. The van der Waals surface area contributed by atoms with Gasteiger partial charge in [-0.05, 0) is 30.7 Å². The van der Waals surface area contributed by atoms with Gasteiger partial charge in [0.2, 0.25) is 17.6 Å². The Hall–Kier alpha value is -2.74. The second-order valence-corrected chi connectivity index (χ2v) is 5.87. The van der Waals surface area contributed by atoms with Gasteiger partial charge in [-0.25, -0.2) is 4.98 Å². The molecule has 3 rings (SSSR count). The normalized spacial score (nSPS) is 10.5. The molecule has 0 aliphatic rings. The lowest BCUT2D eigenvalue weighted by Gasteiger charge is -1.99. The second-order valence-electron chi connectivity index (χ2n) is 4.98. The van der Waals surface area contributed by atoms with E-state index in [0.29, 0.717) is 36.1 Å². The minimum atomic E-state index is -0.0696. The molecule has 0 saturated carbocycles. The maximum absolute atomic E-state index is 11.8. The van der Waals surface area contributed by atoms with Crippen molar-refractivity contribution in [2.45, 2.75) is 19.3 Å². The van der Waals surface area contributed by atoms with Gasteiger partial charge in [0.15, 0.2) is 5.13 Å². The molecule has 3 aromatic rings. The first-order chi connectivity index (χ1) is 11.7. The Morgan fingerprint density at radius 1 is 1.33 bits per heavy atom. The first kappa shape index (κ1) is 16.1. The molecule has 0 atom stereocenters. The number of thiazole rings is 1. The molecular weight excluding hydrogens is 328 g/mol. The van der Waals surface area contributed by atoms with Gasteiger partial charge in [-0.1, -0.05) is 5.16 Å². The number of aromatic nitrogens is 3. The van der Waals surface area contributed by atoms with E-state index in [9.17, 15) is 4.79 Å². The van der Waals surface area contributed by atoms with E-state index >= 15 is 0 Å². The maximum Gasteiger partial charge on any atom is 0.226 e. The number of rotatable bonds is 7. The fourth-order valence-electron chi connectivity index (χ4n) is 2.08. The second kappa shape index (κ2) is 7.69. The van der Waals surface area contributed by atoms with Crippen molar-refractivity contribution in [1.29, 1.82) is 0 Å². The molecule has 1 amide bonds. The standard InChI is InChI=1S/C16H16N4O3S/c1-22-12-7-5-11(6-8-12)15-19-14(23-20-15)4-2-3-13(21)18-16-17-9-10-24-16/h5-10H,2-4H2,1H3,(H,17,18,21). The van der Waals surface area contributed by atoms with Crippen LogP contribution in [0.1, 0.15) is 18.7 Å². The van der Waals surface area contributed by atoms with Crippen LogP contribution < -0.4 is 10.1 Å². The predicted octanol–water partition coefficient (Wildman–Crippen LogP) is 3.16. The first-order valence-corrected chi connectivity index (χ1v) is 8.29. The van der Waals surface area contributed by atoms with Gasteiger partial charge in [0.05, 0.1) is 7.11 Å². The molecule has 7 nitrogen and oxygen atoms in total. The van der Waals surface area contributed by atoms with Crippen molar-refractivity contribution < 1.29 is 14.1 Å². The van der Waals surface area contributed by atoms with Crippen LogP contribution in [-0.2, 0) is 11.2 Å². The van der Waals surface area contributed by atoms with E-state index in [0.717, 1.165) is 11.3 Å². The quantitative estimate of drug-likeness (QED) is 0.708. The number of hydrogen-bond acceptors (Lipinski definition) is 7. The third kappa shape index (κ3) is 4.17. The Balaban J connectivity index is 1.49. The van der Waals surface area contributed by atoms with Crippen molar-refractivity contribution in [3.05, 3.63) is 41.7 Å². The van der Waals surface area contributed by atoms with Crippen molar-refractivity contribution in [2.24, 2.45) is 0 Å². The van der Waals surface area contributed by atoms with Crippen LogP contribution in [0.5, 0.6) is 5.75 Å². The van der Waals surface area contributed by atoms with Crippen molar-refractivity contribution in [3.63, 3.8) is 0 Å². The number of anilines is 1. The molecule has 0 aliphatic heterocycles. The Morgan fingerprint density at radius 3 is 2.88 bits per heavy atom. The van der Waals surface area contributed by atoms with E-state index < -0.39 is 0 Å². The van der Waals surface area contributed by atoms with E-state index in [1.165, 1.54) is 11.3 Å². The van der Waals surface area contributed by atoms with Crippen LogP contribution in [0.2, 0.25) is 0 Å². The Bertz CT molecular complexity index is 784. The molecule has 0 fully saturated rings. The summed E-state index contributed by atoms with van der Waals surface area (Å²) in [5, 5.41) is 9.13. The molecule has 1 aromatic carbocycles. The zero-order valence-corrected chi connectivity index (χ0v) is 13.9. The SMILES string of the molecule is COc1ccc(-c2noc(CCCC(=O)Nc3nccs3)n2)cc1. The summed E-state index contributed by atoms with van der Waals surface area (Å²) >= 11 is 1.39. The zero-order chi connectivity index (χ0) is 16.8. The number of ether oxygens (including phenoxy) is 1. The molecule has 2 aromatic heterocycles. The summed E-state index contributed by atoms with van der Waals surface area (Å²) in [5.41, 5.74) is 0.854. The van der Waals surface area contributed by atoms with Crippen molar-refractivity contribution >= 4 is 22.4 Å². The van der Waals surface area contributed by atoms with E-state index in [2.05, 4.69) is 20.4 Å². The average Bonchev–Trinajstić information content (AvgIpc) is 3.27. The molecule has 0 bridgehead atoms. The summed E-state index contributed by atoms with van der Waals surface area (Å²) in [7, 11) is 1.62. The van der Waals surface area contributed by atoms with Crippen LogP contribution in [0, 0.1) is 0 Å². The van der Waals surface area contributed by atoms with Gasteiger partial charge < -0.3 is 14.6 Å². The van der Waals surface area contributed by atoms with Gasteiger partial charge in [0.1, 0.15) is 5.75 Å². The molecule has 1 N–H and O–H groups in total. The van der Waals surface area contributed by atoms with Crippen molar-refractivity contribution in [2.75, 3.05) is 12.4 Å². The minimum Gasteiger partial charge on any atom is -0.497 e. The van der Waals surface area contributed by atoms with Gasteiger partial charge in [0, 0.05) is 30.0 Å².